The van der Waals surface area contributed by atoms with Crippen LogP contribution >= 0.6 is 7.54 Å². The first-order valence-corrected chi connectivity index (χ1v) is 9.60. The predicted octanol–water partition coefficient (Wildman–Crippen LogP) is 6.11. The van der Waals surface area contributed by atoms with Crippen molar-refractivity contribution < 1.29 is 12.6 Å². The third kappa shape index (κ3) is 4.80. The average Bonchev–Trinajstić information content (AvgIpc) is 2.80. The van der Waals surface area contributed by atoms with Gasteiger partial charge in [0.1, 0.15) is 0 Å². The molecular formula is C15H22F3P. The van der Waals surface area contributed by atoms with Gasteiger partial charge in [-0.3, -0.25) is 0 Å². The molecule has 0 radical (unpaired) electrons. The number of rotatable bonds is 5. The zero-order valence-corrected chi connectivity index (χ0v) is 12.3. The third-order valence-electron chi connectivity index (χ3n) is 3.93. The molecule has 0 unspecified atom stereocenters. The summed E-state index contributed by atoms with van der Waals surface area (Å²) < 4.78 is 38.9. The molecule has 0 N–H and O–H groups in total. The van der Waals surface area contributed by atoms with Gasteiger partial charge in [0.15, 0.2) is 0 Å². The van der Waals surface area contributed by atoms with E-state index in [-0.39, 0.29) is 6.42 Å². The second kappa shape index (κ2) is 5.44. The predicted molar refractivity (Wildman–Crippen MR) is 77.0 cm³/mol. The van der Waals surface area contributed by atoms with Crippen molar-refractivity contribution in [1.82, 2.24) is 0 Å². The number of halogens is 3. The number of benzene rings is 1. The summed E-state index contributed by atoms with van der Waals surface area (Å²) in [7, 11) is -5.82. The van der Waals surface area contributed by atoms with Gasteiger partial charge in [-0.1, -0.05) is 0 Å². The molecule has 1 aliphatic carbocycles. The van der Waals surface area contributed by atoms with Crippen LogP contribution in [0.3, 0.4) is 0 Å². The van der Waals surface area contributed by atoms with Gasteiger partial charge in [0, 0.05) is 0 Å². The molecule has 0 nitrogen and oxygen atoms in total. The summed E-state index contributed by atoms with van der Waals surface area (Å²) in [6.45, 7) is 0.495. The zero-order chi connectivity index (χ0) is 14.0. The number of hydrogen-bond donors (Lipinski definition) is 0. The first-order chi connectivity index (χ1) is 8.81. The molecule has 0 heterocycles. The Morgan fingerprint density at radius 2 is 1.74 bits per heavy atom. The summed E-state index contributed by atoms with van der Waals surface area (Å²) in [6.07, 6.45) is 5.12. The summed E-state index contributed by atoms with van der Waals surface area (Å²) in [4.78, 5) is 0. The van der Waals surface area contributed by atoms with E-state index >= 15 is 0 Å². The van der Waals surface area contributed by atoms with Gasteiger partial charge in [-0.2, -0.15) is 0 Å². The Kier molecular flexibility index (Phi) is 4.25. The van der Waals surface area contributed by atoms with Gasteiger partial charge in [-0.05, 0) is 0 Å². The molecule has 1 fully saturated rings. The fraction of sp³-hybridized carbons (Fsp3) is 0.600. The molecule has 1 aromatic rings. The van der Waals surface area contributed by atoms with Crippen LogP contribution < -0.4 is 0 Å². The van der Waals surface area contributed by atoms with Gasteiger partial charge >= 0.3 is 113 Å². The molecule has 0 aromatic heterocycles. The molecule has 19 heavy (non-hydrogen) atoms. The molecule has 1 aromatic carbocycles. The van der Waals surface area contributed by atoms with Crippen molar-refractivity contribution in [1.29, 1.82) is 0 Å². The van der Waals surface area contributed by atoms with Crippen molar-refractivity contribution in [2.75, 3.05) is 12.8 Å². The second-order valence-corrected chi connectivity index (χ2v) is 9.08. The minimum atomic E-state index is -5.82. The molecule has 4 heteroatoms. The molecule has 108 valence electrons. The Morgan fingerprint density at radius 3 is 2.37 bits per heavy atom. The summed E-state index contributed by atoms with van der Waals surface area (Å²) in [5, 5.41) is 0. The van der Waals surface area contributed by atoms with Crippen molar-refractivity contribution in [2.24, 2.45) is 0 Å². The van der Waals surface area contributed by atoms with Gasteiger partial charge in [0.25, 0.3) is 0 Å². The standard InChI is InChI=1S/C15H22F3P/c1-19(16,17,18)12-6-10-14-9-4-5-11-15(14)13-7-2-3-8-13/h4-5,9,11,13H,2-3,6-8,10,12H2,1H3. The Hall–Kier alpha value is -0.560. The SMILES string of the molecule is CP(F)(F)(F)CCCc1ccccc1C1CCCC1. The van der Waals surface area contributed by atoms with Crippen LogP contribution in [0.25, 0.3) is 0 Å². The van der Waals surface area contributed by atoms with Crippen molar-refractivity contribution >= 4 is 7.54 Å². The van der Waals surface area contributed by atoms with Crippen LogP contribution in [-0.2, 0) is 6.42 Å². The third-order valence-corrected chi connectivity index (χ3v) is 5.20. The van der Waals surface area contributed by atoms with Crippen LogP contribution in [0.5, 0.6) is 0 Å². The van der Waals surface area contributed by atoms with Crippen molar-refractivity contribution in [2.45, 2.75) is 44.4 Å². The maximum absolute atomic E-state index is 13.0. The van der Waals surface area contributed by atoms with Gasteiger partial charge in [0.2, 0.25) is 0 Å². The maximum atomic E-state index is 13.0. The van der Waals surface area contributed by atoms with E-state index in [9.17, 15) is 12.6 Å². The molecule has 0 atom stereocenters. The van der Waals surface area contributed by atoms with Gasteiger partial charge in [0.05, 0.1) is 0 Å². The van der Waals surface area contributed by atoms with Crippen LogP contribution in [0.2, 0.25) is 0 Å². The summed E-state index contributed by atoms with van der Waals surface area (Å²) >= 11 is 0. The quantitative estimate of drug-likeness (QED) is 0.574. The summed E-state index contributed by atoms with van der Waals surface area (Å²) in [6, 6.07) is 8.07. The fourth-order valence-electron chi connectivity index (χ4n) is 3.00. The van der Waals surface area contributed by atoms with E-state index in [4.69, 9.17) is 0 Å². The molecule has 1 saturated carbocycles. The van der Waals surface area contributed by atoms with Crippen LogP contribution in [-0.4, -0.2) is 12.8 Å². The fourth-order valence-corrected chi connectivity index (χ4v) is 3.84. The molecule has 1 aliphatic rings. The molecule has 0 amide bonds. The van der Waals surface area contributed by atoms with E-state index in [2.05, 4.69) is 6.07 Å². The zero-order valence-electron chi connectivity index (χ0n) is 11.4. The Balaban J connectivity index is 2.00. The average molecular weight is 290 g/mol. The van der Waals surface area contributed by atoms with Crippen molar-refractivity contribution in [3.05, 3.63) is 35.4 Å². The summed E-state index contributed by atoms with van der Waals surface area (Å²) in [5.41, 5.74) is 2.43. The van der Waals surface area contributed by atoms with Crippen LogP contribution in [0.1, 0.15) is 49.1 Å². The minimum absolute atomic E-state index is 0.238. The molecule has 0 aliphatic heterocycles. The Labute approximate surface area is 113 Å². The van der Waals surface area contributed by atoms with Gasteiger partial charge in [-0.15, -0.1) is 0 Å². The van der Waals surface area contributed by atoms with Crippen LogP contribution in [0.15, 0.2) is 24.3 Å². The molecule has 2 rings (SSSR count). The molecule has 0 bridgehead atoms. The topological polar surface area (TPSA) is 0 Å². The van der Waals surface area contributed by atoms with Crippen LogP contribution in [0.4, 0.5) is 12.6 Å². The normalized spacial score (nSPS) is 19.3. The van der Waals surface area contributed by atoms with E-state index in [1.165, 1.54) is 31.2 Å². The first kappa shape index (κ1) is 14.8. The number of hydrogen-bond acceptors (Lipinski definition) is 0. The van der Waals surface area contributed by atoms with Crippen molar-refractivity contribution in [3.63, 3.8) is 0 Å². The Morgan fingerprint density at radius 1 is 1.11 bits per heavy atom. The molecular weight excluding hydrogens is 268 g/mol. The Bertz CT molecular complexity index is 421. The van der Waals surface area contributed by atoms with E-state index < -0.39 is 13.7 Å². The first-order valence-electron chi connectivity index (χ1n) is 7.06. The monoisotopic (exact) mass is 290 g/mol. The van der Waals surface area contributed by atoms with E-state index in [1.54, 1.807) is 0 Å². The van der Waals surface area contributed by atoms with Crippen LogP contribution in [0, 0.1) is 0 Å². The van der Waals surface area contributed by atoms with Gasteiger partial charge in [-0.25, -0.2) is 0 Å². The van der Waals surface area contributed by atoms with E-state index in [1.807, 2.05) is 18.2 Å². The summed E-state index contributed by atoms with van der Waals surface area (Å²) in [5.74, 6) is 0.578. The van der Waals surface area contributed by atoms with E-state index in [0.29, 0.717) is 19.0 Å². The molecule has 0 spiro atoms. The van der Waals surface area contributed by atoms with E-state index in [0.717, 1.165) is 5.56 Å². The number of aryl methyl sites for hydroxylation is 1. The molecule has 0 saturated heterocycles. The van der Waals surface area contributed by atoms with Crippen molar-refractivity contribution in [3.8, 4) is 0 Å². The second-order valence-electron chi connectivity index (χ2n) is 5.88. The van der Waals surface area contributed by atoms with Gasteiger partial charge < -0.3 is 0 Å².